The third kappa shape index (κ3) is 2.52. The number of hydrogen-bond donors (Lipinski definition) is 0. The van der Waals surface area contributed by atoms with Gasteiger partial charge in [0.05, 0.1) is 18.3 Å². The third-order valence-electron chi connectivity index (χ3n) is 3.59. The Labute approximate surface area is 125 Å². The van der Waals surface area contributed by atoms with Crippen LogP contribution in [-0.4, -0.2) is 15.3 Å². The van der Waals surface area contributed by atoms with Crippen LogP contribution in [0.3, 0.4) is 0 Å². The van der Waals surface area contributed by atoms with E-state index in [1.807, 2.05) is 31.4 Å². The number of benzene rings is 1. The number of fused-ring (bicyclic) bond motifs is 1. The largest absolute Gasteiger partial charge is 0.292 e. The average molecular weight is 298 g/mol. The summed E-state index contributed by atoms with van der Waals surface area (Å²) < 4.78 is 1.37. The van der Waals surface area contributed by atoms with Gasteiger partial charge in [-0.3, -0.25) is 14.2 Å². The van der Waals surface area contributed by atoms with Gasteiger partial charge in [-0.1, -0.05) is 12.1 Å². The number of carbonyl (C=O) groups is 1. The number of Topliss-reactive ketones (excluding diaryl/α,β-unsaturated/α-hetero) is 1. The van der Waals surface area contributed by atoms with Gasteiger partial charge in [0.25, 0.3) is 5.56 Å². The lowest BCUT2D eigenvalue weighted by atomic mass is 10.0. The molecule has 0 saturated heterocycles. The van der Waals surface area contributed by atoms with Crippen LogP contribution in [0, 0.1) is 13.8 Å². The lowest BCUT2D eigenvalue weighted by Gasteiger charge is -2.06. The van der Waals surface area contributed by atoms with Crippen LogP contribution in [0.1, 0.15) is 21.5 Å². The SMILES string of the molecule is Cc1ccc(C(=O)Cn2cnc3sccc3c2=O)cc1C. The van der Waals surface area contributed by atoms with Crippen LogP contribution in [0.5, 0.6) is 0 Å². The van der Waals surface area contributed by atoms with E-state index in [4.69, 9.17) is 0 Å². The lowest BCUT2D eigenvalue weighted by Crippen LogP contribution is -2.24. The summed E-state index contributed by atoms with van der Waals surface area (Å²) in [4.78, 5) is 29.5. The summed E-state index contributed by atoms with van der Waals surface area (Å²) in [6.07, 6.45) is 1.44. The maximum atomic E-state index is 12.3. The molecule has 0 amide bonds. The van der Waals surface area contributed by atoms with Crippen molar-refractivity contribution in [1.82, 2.24) is 9.55 Å². The van der Waals surface area contributed by atoms with Gasteiger partial charge in [0, 0.05) is 5.56 Å². The Kier molecular flexibility index (Phi) is 3.43. The van der Waals surface area contributed by atoms with Crippen LogP contribution in [0.15, 0.2) is 40.8 Å². The van der Waals surface area contributed by atoms with E-state index in [-0.39, 0.29) is 17.9 Å². The quantitative estimate of drug-likeness (QED) is 0.699. The van der Waals surface area contributed by atoms with Crippen LogP contribution in [0.25, 0.3) is 10.2 Å². The van der Waals surface area contributed by atoms with Crippen molar-refractivity contribution in [3.63, 3.8) is 0 Å². The summed E-state index contributed by atoms with van der Waals surface area (Å²) in [5.74, 6) is -0.0865. The highest BCUT2D eigenvalue weighted by atomic mass is 32.1. The zero-order valence-corrected chi connectivity index (χ0v) is 12.6. The van der Waals surface area contributed by atoms with Crippen LogP contribution in [0.4, 0.5) is 0 Å². The van der Waals surface area contributed by atoms with Crippen LogP contribution < -0.4 is 5.56 Å². The molecule has 3 rings (SSSR count). The number of rotatable bonds is 3. The molecule has 0 aliphatic carbocycles. The Bertz CT molecular complexity index is 893. The fourth-order valence-electron chi connectivity index (χ4n) is 2.17. The maximum absolute atomic E-state index is 12.3. The second-order valence-electron chi connectivity index (χ2n) is 5.04. The minimum atomic E-state index is -0.168. The third-order valence-corrected chi connectivity index (χ3v) is 4.41. The predicted octanol–water partition coefficient (Wildman–Crippen LogP) is 2.96. The van der Waals surface area contributed by atoms with E-state index >= 15 is 0 Å². The van der Waals surface area contributed by atoms with Gasteiger partial charge < -0.3 is 0 Å². The fourth-order valence-corrected chi connectivity index (χ4v) is 2.89. The molecule has 5 heteroatoms. The first-order valence-corrected chi connectivity index (χ1v) is 7.47. The molecular weight excluding hydrogens is 284 g/mol. The summed E-state index contributed by atoms with van der Waals surface area (Å²) in [7, 11) is 0. The maximum Gasteiger partial charge on any atom is 0.262 e. The highest BCUT2D eigenvalue weighted by Gasteiger charge is 2.11. The summed E-state index contributed by atoms with van der Waals surface area (Å²) in [6, 6.07) is 7.32. The number of ketones is 1. The predicted molar refractivity (Wildman–Crippen MR) is 84.1 cm³/mol. The molecule has 0 saturated carbocycles. The number of thiophene rings is 1. The van der Waals surface area contributed by atoms with Gasteiger partial charge >= 0.3 is 0 Å². The van der Waals surface area contributed by atoms with E-state index < -0.39 is 0 Å². The van der Waals surface area contributed by atoms with Gasteiger partial charge in [-0.05, 0) is 42.5 Å². The molecule has 0 aliphatic rings. The van der Waals surface area contributed by atoms with Crippen molar-refractivity contribution >= 4 is 27.3 Å². The Morgan fingerprint density at radius 3 is 2.81 bits per heavy atom. The zero-order chi connectivity index (χ0) is 15.0. The van der Waals surface area contributed by atoms with Crippen molar-refractivity contribution < 1.29 is 4.79 Å². The molecule has 0 spiro atoms. The molecule has 0 radical (unpaired) electrons. The molecule has 4 nitrogen and oxygen atoms in total. The topological polar surface area (TPSA) is 52.0 Å². The van der Waals surface area contributed by atoms with Gasteiger partial charge in [0.2, 0.25) is 0 Å². The first kappa shape index (κ1) is 13.7. The number of nitrogens with zero attached hydrogens (tertiary/aromatic N) is 2. The second-order valence-corrected chi connectivity index (χ2v) is 5.93. The molecule has 0 fully saturated rings. The van der Waals surface area contributed by atoms with Crippen LogP contribution >= 0.6 is 11.3 Å². The first-order chi connectivity index (χ1) is 10.1. The number of hydrogen-bond acceptors (Lipinski definition) is 4. The van der Waals surface area contributed by atoms with E-state index in [2.05, 4.69) is 4.98 Å². The molecule has 0 unspecified atom stereocenters. The highest BCUT2D eigenvalue weighted by molar-refractivity contribution is 7.16. The molecule has 0 N–H and O–H groups in total. The molecule has 1 aromatic carbocycles. The van der Waals surface area contributed by atoms with Gasteiger partial charge in [0.1, 0.15) is 4.83 Å². The molecular formula is C16H14N2O2S. The zero-order valence-electron chi connectivity index (χ0n) is 11.8. The summed E-state index contributed by atoms with van der Waals surface area (Å²) >= 11 is 1.42. The summed E-state index contributed by atoms with van der Waals surface area (Å²) in [5, 5.41) is 2.39. The van der Waals surface area contributed by atoms with Gasteiger partial charge in [-0.2, -0.15) is 0 Å². The smallest absolute Gasteiger partial charge is 0.262 e. The standard InChI is InChI=1S/C16H14N2O2S/c1-10-3-4-12(7-11(10)2)14(19)8-18-9-17-15-13(16(18)20)5-6-21-15/h3-7,9H,8H2,1-2H3. The van der Waals surface area contributed by atoms with Crippen LogP contribution in [-0.2, 0) is 6.54 Å². The average Bonchev–Trinajstić information content (AvgIpc) is 2.94. The van der Waals surface area contributed by atoms with E-state index in [0.29, 0.717) is 15.8 Å². The van der Waals surface area contributed by atoms with E-state index in [0.717, 1.165) is 11.1 Å². The van der Waals surface area contributed by atoms with E-state index in [9.17, 15) is 9.59 Å². The Hall–Kier alpha value is -2.27. The summed E-state index contributed by atoms with van der Waals surface area (Å²) in [5.41, 5.74) is 2.67. The molecule has 2 heterocycles. The van der Waals surface area contributed by atoms with Gasteiger partial charge in [-0.15, -0.1) is 11.3 Å². The highest BCUT2D eigenvalue weighted by Crippen LogP contribution is 2.14. The minimum Gasteiger partial charge on any atom is -0.292 e. The van der Waals surface area contributed by atoms with E-state index in [1.54, 1.807) is 12.1 Å². The van der Waals surface area contributed by atoms with Crippen molar-refractivity contribution in [3.8, 4) is 0 Å². The van der Waals surface area contributed by atoms with Crippen molar-refractivity contribution in [3.05, 3.63) is 63.0 Å². The van der Waals surface area contributed by atoms with Crippen LogP contribution in [0.2, 0.25) is 0 Å². The van der Waals surface area contributed by atoms with Crippen molar-refractivity contribution in [2.24, 2.45) is 0 Å². The number of aromatic nitrogens is 2. The van der Waals surface area contributed by atoms with Gasteiger partial charge in [0.15, 0.2) is 5.78 Å². The molecule has 2 aromatic heterocycles. The first-order valence-electron chi connectivity index (χ1n) is 6.59. The normalized spacial score (nSPS) is 11.0. The van der Waals surface area contributed by atoms with Crippen molar-refractivity contribution in [2.45, 2.75) is 20.4 Å². The van der Waals surface area contributed by atoms with Crippen molar-refractivity contribution in [2.75, 3.05) is 0 Å². The molecule has 0 aliphatic heterocycles. The monoisotopic (exact) mass is 298 g/mol. The number of aryl methyl sites for hydroxylation is 2. The Balaban J connectivity index is 1.94. The molecule has 0 bridgehead atoms. The molecule has 3 aromatic rings. The second kappa shape index (κ2) is 5.26. The molecule has 21 heavy (non-hydrogen) atoms. The molecule has 106 valence electrons. The Morgan fingerprint density at radius 2 is 2.05 bits per heavy atom. The summed E-state index contributed by atoms with van der Waals surface area (Å²) in [6.45, 7) is 3.99. The lowest BCUT2D eigenvalue weighted by molar-refractivity contribution is 0.0970. The Morgan fingerprint density at radius 1 is 1.24 bits per heavy atom. The minimum absolute atomic E-state index is 0.0140. The number of carbonyl (C=O) groups excluding carboxylic acids is 1. The van der Waals surface area contributed by atoms with E-state index in [1.165, 1.54) is 22.2 Å². The molecule has 0 atom stereocenters. The van der Waals surface area contributed by atoms with Gasteiger partial charge in [-0.25, -0.2) is 4.98 Å². The fraction of sp³-hybridized carbons (Fsp3) is 0.188. The van der Waals surface area contributed by atoms with Crippen molar-refractivity contribution in [1.29, 1.82) is 0 Å².